The van der Waals surface area contributed by atoms with Crippen LogP contribution in [0.15, 0.2) is 54.6 Å². The molecule has 0 bridgehead atoms. The van der Waals surface area contributed by atoms with Gasteiger partial charge < -0.3 is 20.1 Å². The molecule has 0 heterocycles. The minimum Gasteiger partial charge on any atom is -0.482 e. The van der Waals surface area contributed by atoms with E-state index in [4.69, 9.17) is 55.9 Å². The van der Waals surface area contributed by atoms with Gasteiger partial charge in [0, 0.05) is 10.0 Å². The van der Waals surface area contributed by atoms with Crippen LogP contribution in [0.5, 0.6) is 11.5 Å². The van der Waals surface area contributed by atoms with Gasteiger partial charge >= 0.3 is 0 Å². The van der Waals surface area contributed by atoms with Gasteiger partial charge in [0.2, 0.25) is 0 Å². The van der Waals surface area contributed by atoms with Crippen LogP contribution in [0.2, 0.25) is 20.1 Å². The largest absolute Gasteiger partial charge is 0.482 e. The van der Waals surface area contributed by atoms with Crippen molar-refractivity contribution in [1.29, 1.82) is 0 Å². The molecule has 33 heavy (non-hydrogen) atoms. The van der Waals surface area contributed by atoms with Crippen LogP contribution < -0.4 is 20.1 Å². The zero-order chi connectivity index (χ0) is 24.0. The number of benzene rings is 3. The van der Waals surface area contributed by atoms with Gasteiger partial charge in [0.25, 0.3) is 11.8 Å². The molecular weight excluding hydrogens is 510 g/mol. The molecule has 0 fully saturated rings. The van der Waals surface area contributed by atoms with Gasteiger partial charge in [0.05, 0.1) is 21.4 Å². The van der Waals surface area contributed by atoms with Crippen molar-refractivity contribution in [1.82, 2.24) is 0 Å². The highest BCUT2D eigenvalue weighted by Gasteiger charge is 2.13. The average Bonchev–Trinajstić information content (AvgIpc) is 2.74. The summed E-state index contributed by atoms with van der Waals surface area (Å²) in [6.07, 6.45) is 0. The Hall–Kier alpha value is -2.64. The number of carbonyl (C=O) groups is 2. The van der Waals surface area contributed by atoms with E-state index < -0.39 is 11.8 Å². The first-order valence-corrected chi connectivity index (χ1v) is 11.1. The molecule has 6 nitrogen and oxygen atoms in total. The van der Waals surface area contributed by atoms with E-state index in [-0.39, 0.29) is 13.2 Å². The summed E-state index contributed by atoms with van der Waals surface area (Å²) >= 11 is 23.8. The molecule has 3 aromatic rings. The second kappa shape index (κ2) is 11.5. The SMILES string of the molecule is Cc1ccc(NC(=O)COc2ccc(Cl)cc2Cl)c(NC(=O)COc2ccc(Cl)cc2Cl)c1. The minimum atomic E-state index is -0.440. The highest BCUT2D eigenvalue weighted by atomic mass is 35.5. The third-order valence-corrected chi connectivity index (χ3v) is 5.29. The lowest BCUT2D eigenvalue weighted by molar-refractivity contribution is -0.119. The van der Waals surface area contributed by atoms with Crippen molar-refractivity contribution >= 4 is 69.6 Å². The summed E-state index contributed by atoms with van der Waals surface area (Å²) in [5.41, 5.74) is 1.69. The molecule has 0 aliphatic carbocycles. The predicted octanol–water partition coefficient (Wildman–Crippen LogP) is 6.64. The fraction of sp³-hybridized carbons (Fsp3) is 0.130. The predicted molar refractivity (Wildman–Crippen MR) is 132 cm³/mol. The zero-order valence-electron chi connectivity index (χ0n) is 17.3. The second-order valence-corrected chi connectivity index (χ2v) is 8.56. The van der Waals surface area contributed by atoms with Crippen LogP contribution in [0.3, 0.4) is 0 Å². The van der Waals surface area contributed by atoms with Crippen molar-refractivity contribution < 1.29 is 19.1 Å². The molecule has 3 rings (SSSR count). The van der Waals surface area contributed by atoms with Gasteiger partial charge in [-0.25, -0.2) is 0 Å². The average molecular weight is 528 g/mol. The molecule has 0 saturated heterocycles. The van der Waals surface area contributed by atoms with Gasteiger partial charge in [-0.3, -0.25) is 9.59 Å². The number of nitrogens with one attached hydrogen (secondary N) is 2. The first-order valence-electron chi connectivity index (χ1n) is 9.57. The van der Waals surface area contributed by atoms with Gasteiger partial charge in [-0.15, -0.1) is 0 Å². The number of carbonyl (C=O) groups excluding carboxylic acids is 2. The fourth-order valence-corrected chi connectivity index (χ4v) is 3.64. The number of aryl methyl sites for hydroxylation is 1. The van der Waals surface area contributed by atoms with E-state index in [2.05, 4.69) is 10.6 Å². The Balaban J connectivity index is 1.60. The highest BCUT2D eigenvalue weighted by Crippen LogP contribution is 2.29. The molecular formula is C23H18Cl4N2O4. The van der Waals surface area contributed by atoms with Crippen LogP contribution in [-0.2, 0) is 9.59 Å². The molecule has 0 aromatic heterocycles. The van der Waals surface area contributed by atoms with E-state index in [1.807, 2.05) is 6.92 Å². The standard InChI is InChI=1S/C23H18Cl4N2O4/c1-13-2-5-18(28-22(30)11-32-20-6-3-14(24)9-16(20)26)19(8-13)29-23(31)12-33-21-7-4-15(25)10-17(21)27/h2-10H,11-12H2,1H3,(H,28,30)(H,29,31). The molecule has 0 radical (unpaired) electrons. The summed E-state index contributed by atoms with van der Waals surface area (Å²) in [7, 11) is 0. The number of hydrogen-bond donors (Lipinski definition) is 2. The Labute approximate surface area is 210 Å². The monoisotopic (exact) mass is 526 g/mol. The zero-order valence-corrected chi connectivity index (χ0v) is 20.3. The van der Waals surface area contributed by atoms with Crippen molar-refractivity contribution in [3.63, 3.8) is 0 Å². The maximum Gasteiger partial charge on any atom is 0.262 e. The van der Waals surface area contributed by atoms with E-state index in [0.29, 0.717) is 43.0 Å². The third kappa shape index (κ3) is 7.44. The summed E-state index contributed by atoms with van der Waals surface area (Å²) in [6, 6.07) is 14.6. The van der Waals surface area contributed by atoms with E-state index in [1.54, 1.807) is 42.5 Å². The van der Waals surface area contributed by atoms with Crippen molar-refractivity contribution in [2.24, 2.45) is 0 Å². The molecule has 10 heteroatoms. The molecule has 3 aromatic carbocycles. The van der Waals surface area contributed by atoms with E-state index in [1.165, 1.54) is 12.1 Å². The van der Waals surface area contributed by atoms with Crippen LogP contribution in [0, 0.1) is 6.92 Å². The minimum absolute atomic E-state index is 0.291. The Morgan fingerprint density at radius 2 is 1.18 bits per heavy atom. The molecule has 0 saturated carbocycles. The summed E-state index contributed by atoms with van der Waals surface area (Å²) in [4.78, 5) is 24.8. The summed E-state index contributed by atoms with van der Waals surface area (Å²) < 4.78 is 10.9. The normalized spacial score (nSPS) is 10.5. The van der Waals surface area contributed by atoms with Crippen LogP contribution in [0.1, 0.15) is 5.56 Å². The topological polar surface area (TPSA) is 76.7 Å². The van der Waals surface area contributed by atoms with E-state index in [9.17, 15) is 9.59 Å². The van der Waals surface area contributed by atoms with Crippen molar-refractivity contribution in [3.8, 4) is 11.5 Å². The van der Waals surface area contributed by atoms with Gasteiger partial charge in [-0.1, -0.05) is 52.5 Å². The lowest BCUT2D eigenvalue weighted by atomic mass is 10.2. The van der Waals surface area contributed by atoms with Crippen molar-refractivity contribution in [3.05, 3.63) is 80.3 Å². The molecule has 2 amide bonds. The fourth-order valence-electron chi connectivity index (χ4n) is 2.71. The molecule has 0 aliphatic heterocycles. The first-order chi connectivity index (χ1) is 15.7. The van der Waals surface area contributed by atoms with Gasteiger partial charge in [0.1, 0.15) is 11.5 Å². The Bertz CT molecular complexity index is 1190. The van der Waals surface area contributed by atoms with Gasteiger partial charge in [-0.05, 0) is 61.0 Å². The van der Waals surface area contributed by atoms with Crippen LogP contribution in [0.4, 0.5) is 11.4 Å². The van der Waals surface area contributed by atoms with Gasteiger partial charge in [0.15, 0.2) is 13.2 Å². The first kappa shape index (κ1) is 25.0. The Kier molecular flexibility index (Phi) is 8.69. The number of ether oxygens (including phenoxy) is 2. The van der Waals surface area contributed by atoms with E-state index in [0.717, 1.165) is 5.56 Å². The Morgan fingerprint density at radius 3 is 1.67 bits per heavy atom. The maximum atomic E-state index is 12.4. The molecule has 0 spiro atoms. The Morgan fingerprint density at radius 1 is 0.697 bits per heavy atom. The van der Waals surface area contributed by atoms with Crippen LogP contribution >= 0.6 is 46.4 Å². The number of anilines is 2. The molecule has 172 valence electrons. The number of amides is 2. The maximum absolute atomic E-state index is 12.4. The lowest BCUT2D eigenvalue weighted by Crippen LogP contribution is -2.24. The summed E-state index contributed by atoms with van der Waals surface area (Å²) in [5, 5.41) is 6.93. The lowest BCUT2D eigenvalue weighted by Gasteiger charge is -2.14. The van der Waals surface area contributed by atoms with Crippen molar-refractivity contribution in [2.45, 2.75) is 6.92 Å². The molecule has 0 atom stereocenters. The summed E-state index contributed by atoms with van der Waals surface area (Å²) in [6.45, 7) is 1.28. The van der Waals surface area contributed by atoms with Crippen LogP contribution in [0.25, 0.3) is 0 Å². The molecule has 0 aliphatic rings. The highest BCUT2D eigenvalue weighted by molar-refractivity contribution is 6.36. The quantitative estimate of drug-likeness (QED) is 0.344. The smallest absolute Gasteiger partial charge is 0.262 e. The molecule has 2 N–H and O–H groups in total. The van der Waals surface area contributed by atoms with E-state index >= 15 is 0 Å². The second-order valence-electron chi connectivity index (χ2n) is 6.87. The number of hydrogen-bond acceptors (Lipinski definition) is 4. The van der Waals surface area contributed by atoms with Crippen LogP contribution in [-0.4, -0.2) is 25.0 Å². The number of rotatable bonds is 8. The van der Waals surface area contributed by atoms with Gasteiger partial charge in [-0.2, -0.15) is 0 Å². The number of halogens is 4. The van der Waals surface area contributed by atoms with Crippen molar-refractivity contribution in [2.75, 3.05) is 23.8 Å². The summed E-state index contributed by atoms with van der Waals surface area (Å²) in [5.74, 6) is -0.227. The molecule has 0 unspecified atom stereocenters. The third-order valence-electron chi connectivity index (χ3n) is 4.23.